The van der Waals surface area contributed by atoms with Gasteiger partial charge in [0.1, 0.15) is 0 Å². The van der Waals surface area contributed by atoms with Gasteiger partial charge in [-0.25, -0.2) is 4.39 Å². The molecule has 0 aromatic heterocycles. The van der Waals surface area contributed by atoms with E-state index in [1.165, 1.54) is 0 Å². The minimum Gasteiger partial charge on any atom is -0.204 e. The van der Waals surface area contributed by atoms with Gasteiger partial charge in [-0.2, -0.15) is 65.9 Å². The molecule has 0 spiro atoms. The SMILES string of the molecule is FC(=CI)C(F)(F)C(F)(F)C(F)(F)C(F)(F)C(F)(F)C(F)(F)C(F)(F)F. The van der Waals surface area contributed by atoms with Gasteiger partial charge in [0, 0.05) is 4.08 Å². The lowest BCUT2D eigenvalue weighted by Crippen LogP contribution is -2.72. The first-order chi connectivity index (χ1) is 11.0. The van der Waals surface area contributed by atoms with Crippen LogP contribution in [0, 0.1) is 0 Å². The molecule has 0 radical (unpaired) electrons. The summed E-state index contributed by atoms with van der Waals surface area (Å²) in [6, 6.07) is 0. The van der Waals surface area contributed by atoms with Crippen molar-refractivity contribution >= 4 is 22.6 Å². The molecule has 17 heteroatoms. The molecule has 0 nitrogen and oxygen atoms in total. The van der Waals surface area contributed by atoms with Gasteiger partial charge in [-0.15, -0.1) is 0 Å². The van der Waals surface area contributed by atoms with Crippen molar-refractivity contribution in [2.24, 2.45) is 0 Å². The normalized spacial score (nSPS) is 16.9. The average molecular weight is 540 g/mol. The first-order valence-corrected chi connectivity index (χ1v) is 6.53. The van der Waals surface area contributed by atoms with Gasteiger partial charge in [-0.1, -0.05) is 0 Å². The highest BCUT2D eigenvalue weighted by Gasteiger charge is 2.93. The van der Waals surface area contributed by atoms with Crippen molar-refractivity contribution in [1.29, 1.82) is 0 Å². The largest absolute Gasteiger partial charge is 0.460 e. The Morgan fingerprint density at radius 1 is 0.500 bits per heavy atom. The summed E-state index contributed by atoms with van der Waals surface area (Å²) < 4.78 is 201. The van der Waals surface area contributed by atoms with Gasteiger partial charge >= 0.3 is 41.7 Å². The summed E-state index contributed by atoms with van der Waals surface area (Å²) in [5.41, 5.74) is 0. The van der Waals surface area contributed by atoms with E-state index in [0.717, 1.165) is 0 Å². The van der Waals surface area contributed by atoms with Gasteiger partial charge in [0.25, 0.3) is 0 Å². The van der Waals surface area contributed by atoms with Crippen LogP contribution in [0.5, 0.6) is 0 Å². The summed E-state index contributed by atoms with van der Waals surface area (Å²) in [5, 5.41) is 0. The Morgan fingerprint density at radius 3 is 1.04 bits per heavy atom. The van der Waals surface area contributed by atoms with Crippen LogP contribution in [-0.2, 0) is 0 Å². The van der Waals surface area contributed by atoms with Gasteiger partial charge in [0.2, 0.25) is 0 Å². The van der Waals surface area contributed by atoms with Crippen LogP contribution in [0.25, 0.3) is 0 Å². The lowest BCUT2D eigenvalue weighted by Gasteiger charge is -2.41. The molecule has 0 aromatic carbocycles. The lowest BCUT2D eigenvalue weighted by molar-refractivity contribution is -0.450. The smallest absolute Gasteiger partial charge is 0.204 e. The van der Waals surface area contributed by atoms with E-state index < -0.39 is 51.6 Å². The third-order valence-corrected chi connectivity index (χ3v) is 3.27. The van der Waals surface area contributed by atoms with Crippen LogP contribution in [0.1, 0.15) is 0 Å². The van der Waals surface area contributed by atoms with E-state index in [-0.39, 0.29) is 0 Å². The van der Waals surface area contributed by atoms with E-state index in [9.17, 15) is 70.2 Å². The second kappa shape index (κ2) is 6.46. The average Bonchev–Trinajstić information content (AvgIpc) is 2.43. The van der Waals surface area contributed by atoms with Crippen LogP contribution in [0.4, 0.5) is 70.2 Å². The molecule has 0 aliphatic rings. The molecule has 0 saturated heterocycles. The highest BCUT2D eigenvalue weighted by atomic mass is 127. The van der Waals surface area contributed by atoms with Gasteiger partial charge in [0.05, 0.1) is 0 Å². The zero-order chi connectivity index (χ0) is 21.8. The van der Waals surface area contributed by atoms with Crippen LogP contribution in [-0.4, -0.2) is 41.7 Å². The predicted molar refractivity (Wildman–Crippen MR) is 58.9 cm³/mol. The van der Waals surface area contributed by atoms with Gasteiger partial charge in [-0.05, 0) is 22.6 Å². The van der Waals surface area contributed by atoms with Crippen molar-refractivity contribution in [2.45, 2.75) is 41.7 Å². The van der Waals surface area contributed by atoms with Crippen LogP contribution in [0.3, 0.4) is 0 Å². The quantitative estimate of drug-likeness (QED) is 0.263. The Bertz CT molecular complexity index is 555. The van der Waals surface area contributed by atoms with E-state index in [1.54, 1.807) is 0 Å². The zero-order valence-electron chi connectivity index (χ0n) is 11.0. The van der Waals surface area contributed by atoms with Crippen molar-refractivity contribution in [3.8, 4) is 0 Å². The molecule has 0 heterocycles. The van der Waals surface area contributed by atoms with Crippen LogP contribution in [0.2, 0.25) is 0 Å². The summed E-state index contributed by atoms with van der Waals surface area (Å²) in [5.74, 6) is -51.4. The molecule has 0 bridgehead atoms. The maximum absolute atomic E-state index is 13.0. The third-order valence-electron chi connectivity index (χ3n) is 2.72. The molecule has 0 aromatic rings. The molecule has 0 rings (SSSR count). The summed E-state index contributed by atoms with van der Waals surface area (Å²) in [6.45, 7) is 0. The molecule has 0 aliphatic carbocycles. The number of hydrogen-bond acceptors (Lipinski definition) is 0. The zero-order valence-corrected chi connectivity index (χ0v) is 13.2. The molecule has 0 saturated carbocycles. The molecular weight excluding hydrogens is 539 g/mol. The Labute approximate surface area is 145 Å². The molecule has 0 atom stereocenters. The summed E-state index contributed by atoms with van der Waals surface area (Å²) in [7, 11) is 0. The number of hydrogen-bond donors (Lipinski definition) is 0. The molecule has 156 valence electrons. The second-order valence-electron chi connectivity index (χ2n) is 4.40. The predicted octanol–water partition coefficient (Wildman–Crippen LogP) is 6.61. The minimum atomic E-state index is -8.41. The van der Waals surface area contributed by atoms with E-state index in [4.69, 9.17) is 0 Å². The maximum atomic E-state index is 13.0. The Morgan fingerprint density at radius 2 is 0.769 bits per heavy atom. The third kappa shape index (κ3) is 3.10. The van der Waals surface area contributed by atoms with E-state index in [2.05, 4.69) is 0 Å². The first-order valence-electron chi connectivity index (χ1n) is 5.28. The fourth-order valence-electron chi connectivity index (χ4n) is 1.19. The topological polar surface area (TPSA) is 0 Å². The number of halogens is 17. The number of rotatable bonds is 6. The van der Waals surface area contributed by atoms with E-state index >= 15 is 0 Å². The highest BCUT2D eigenvalue weighted by Crippen LogP contribution is 2.63. The lowest BCUT2D eigenvalue weighted by atomic mass is 9.91. The number of allylic oxidation sites excluding steroid dienone is 1. The second-order valence-corrected chi connectivity index (χ2v) is 5.02. The van der Waals surface area contributed by atoms with Gasteiger partial charge in [-0.3, -0.25) is 0 Å². The molecule has 0 fully saturated rings. The van der Waals surface area contributed by atoms with Crippen molar-refractivity contribution in [1.82, 2.24) is 0 Å². The molecule has 0 amide bonds. The standard InChI is InChI=1S/C9HF16I/c10-2(1-26)3(11,12)4(13,14)5(15,16)6(17,18)7(19,20)8(21,22)9(23,24)25/h1H. The summed E-state index contributed by atoms with van der Waals surface area (Å²) in [6.07, 6.45) is -7.67. The molecule has 0 aliphatic heterocycles. The first kappa shape index (κ1) is 25.4. The van der Waals surface area contributed by atoms with Crippen molar-refractivity contribution in [3.05, 3.63) is 9.91 Å². The van der Waals surface area contributed by atoms with Crippen LogP contribution >= 0.6 is 22.6 Å². The Hall–Kier alpha value is -0.650. The van der Waals surface area contributed by atoms with Gasteiger partial charge in [0.15, 0.2) is 5.83 Å². The Kier molecular flexibility index (Phi) is 6.29. The fraction of sp³-hybridized carbons (Fsp3) is 0.778. The van der Waals surface area contributed by atoms with Crippen LogP contribution < -0.4 is 0 Å². The van der Waals surface area contributed by atoms with E-state index in [1.807, 2.05) is 0 Å². The van der Waals surface area contributed by atoms with E-state index in [0.29, 0.717) is 22.6 Å². The molecular formula is C9HF16I. The molecule has 26 heavy (non-hydrogen) atoms. The number of alkyl halides is 15. The molecule has 0 unspecified atom stereocenters. The maximum Gasteiger partial charge on any atom is 0.460 e. The summed E-state index contributed by atoms with van der Waals surface area (Å²) in [4.78, 5) is 0. The van der Waals surface area contributed by atoms with Crippen molar-refractivity contribution < 1.29 is 70.2 Å². The fourth-order valence-corrected chi connectivity index (χ4v) is 1.58. The highest BCUT2D eigenvalue weighted by molar-refractivity contribution is 14.1. The van der Waals surface area contributed by atoms with Crippen LogP contribution in [0.15, 0.2) is 9.91 Å². The minimum absolute atomic E-state index is 0.368. The Balaban J connectivity index is 6.61. The summed E-state index contributed by atoms with van der Waals surface area (Å²) >= 11 is 0.368. The monoisotopic (exact) mass is 540 g/mol. The molecule has 0 N–H and O–H groups in total. The van der Waals surface area contributed by atoms with Gasteiger partial charge < -0.3 is 0 Å². The van der Waals surface area contributed by atoms with Crippen molar-refractivity contribution in [2.75, 3.05) is 0 Å². The van der Waals surface area contributed by atoms with Crippen molar-refractivity contribution in [3.63, 3.8) is 0 Å².